The summed E-state index contributed by atoms with van der Waals surface area (Å²) in [5.41, 5.74) is 7.00. The van der Waals surface area contributed by atoms with Crippen LogP contribution in [0, 0.1) is 0 Å². The van der Waals surface area contributed by atoms with Gasteiger partial charge >= 0.3 is 0 Å². The lowest BCUT2D eigenvalue weighted by Gasteiger charge is -2.12. The van der Waals surface area contributed by atoms with Crippen LogP contribution in [0.3, 0.4) is 0 Å². The second-order valence-corrected chi connectivity index (χ2v) is 8.92. The average molecular weight is 505 g/mol. The lowest BCUT2D eigenvalue weighted by atomic mass is 10.0. The van der Waals surface area contributed by atoms with E-state index in [1.54, 1.807) is 31.8 Å². The zero-order valence-electron chi connectivity index (χ0n) is 20.6. The molecule has 0 spiro atoms. The first kappa shape index (κ1) is 23.5. The number of carbonyl (C=O) groups excluding carboxylic acids is 1. The smallest absolute Gasteiger partial charge is 0.168 e. The summed E-state index contributed by atoms with van der Waals surface area (Å²) in [4.78, 5) is 26.6. The van der Waals surface area contributed by atoms with Gasteiger partial charge in [0.15, 0.2) is 11.6 Å². The fourth-order valence-electron chi connectivity index (χ4n) is 4.37. The van der Waals surface area contributed by atoms with E-state index in [4.69, 9.17) is 19.4 Å². The minimum atomic E-state index is -0.0435. The lowest BCUT2D eigenvalue weighted by molar-refractivity contribution is 0.0992. The van der Waals surface area contributed by atoms with Crippen molar-refractivity contribution in [1.29, 1.82) is 0 Å². The molecule has 0 aliphatic carbocycles. The van der Waals surface area contributed by atoms with Crippen LogP contribution in [-0.2, 0) is 24.4 Å². The highest BCUT2D eigenvalue weighted by Gasteiger charge is 2.21. The van der Waals surface area contributed by atoms with Crippen LogP contribution in [0.1, 0.15) is 27.2 Å². The topological polar surface area (TPSA) is 115 Å². The van der Waals surface area contributed by atoms with Crippen LogP contribution in [0.5, 0.6) is 5.75 Å². The van der Waals surface area contributed by atoms with E-state index in [9.17, 15) is 4.79 Å². The van der Waals surface area contributed by atoms with Crippen molar-refractivity contribution in [2.45, 2.75) is 19.6 Å². The summed E-state index contributed by atoms with van der Waals surface area (Å²) in [6, 6.07) is 17.5. The van der Waals surface area contributed by atoms with Crippen molar-refractivity contribution in [2.75, 3.05) is 12.4 Å². The number of H-pyrrole nitrogens is 1. The average Bonchev–Trinajstić information content (AvgIpc) is 3.67. The molecule has 0 amide bonds. The van der Waals surface area contributed by atoms with Gasteiger partial charge in [0.2, 0.25) is 0 Å². The quantitative estimate of drug-likeness (QED) is 0.279. The summed E-state index contributed by atoms with van der Waals surface area (Å²) in [6.45, 7) is 0.883. The molecule has 5 aromatic rings. The molecule has 9 heteroatoms. The van der Waals surface area contributed by atoms with E-state index in [2.05, 4.69) is 20.5 Å². The van der Waals surface area contributed by atoms with E-state index in [-0.39, 0.29) is 12.2 Å². The second kappa shape index (κ2) is 10.2. The molecule has 1 aliphatic rings. The van der Waals surface area contributed by atoms with Crippen molar-refractivity contribution in [2.24, 2.45) is 0 Å². The van der Waals surface area contributed by atoms with Crippen molar-refractivity contribution in [1.82, 2.24) is 25.1 Å². The highest BCUT2D eigenvalue weighted by atomic mass is 16.5. The first-order chi connectivity index (χ1) is 18.7. The minimum absolute atomic E-state index is 0.0435. The molecule has 1 aliphatic heterocycles. The lowest BCUT2D eigenvalue weighted by Crippen LogP contribution is -2.06. The van der Waals surface area contributed by atoms with Gasteiger partial charge in [-0.3, -0.25) is 14.9 Å². The third kappa shape index (κ3) is 4.87. The molecule has 0 atom stereocenters. The number of ketones is 1. The van der Waals surface area contributed by atoms with E-state index < -0.39 is 0 Å². The van der Waals surface area contributed by atoms with Crippen LogP contribution < -0.4 is 10.1 Å². The number of nitrogens with one attached hydrogen (secondary N) is 2. The van der Waals surface area contributed by atoms with E-state index in [0.717, 1.165) is 39.2 Å². The summed E-state index contributed by atoms with van der Waals surface area (Å²) >= 11 is 0. The maximum Gasteiger partial charge on any atom is 0.168 e. The number of rotatable bonds is 8. The Kier molecular flexibility index (Phi) is 6.33. The SMILES string of the molecule is COc1cncc(C(=O)Cc2cccc(-c3nc4c(c(Nc5ccc(-c6cn[nH]c6)cc5)n3)COC4)c2)c1. The molecular formula is C29H24N6O3. The van der Waals surface area contributed by atoms with E-state index in [1.165, 1.54) is 0 Å². The van der Waals surface area contributed by atoms with Crippen LogP contribution in [-0.4, -0.2) is 38.0 Å². The number of carbonyl (C=O) groups is 1. The molecule has 0 bridgehead atoms. The van der Waals surface area contributed by atoms with Gasteiger partial charge in [-0.05, 0) is 35.4 Å². The molecule has 0 saturated heterocycles. The molecule has 38 heavy (non-hydrogen) atoms. The number of hydrogen-bond acceptors (Lipinski definition) is 8. The summed E-state index contributed by atoms with van der Waals surface area (Å²) in [6.07, 6.45) is 7.01. The Morgan fingerprint density at radius 2 is 1.89 bits per heavy atom. The van der Waals surface area contributed by atoms with Crippen LogP contribution in [0.4, 0.5) is 11.5 Å². The first-order valence-corrected chi connectivity index (χ1v) is 12.1. The molecule has 2 aromatic carbocycles. The van der Waals surface area contributed by atoms with Crippen LogP contribution in [0.15, 0.2) is 79.4 Å². The number of Topliss-reactive ketones (excluding diaryl/α,β-unsaturated/α-hetero) is 1. The summed E-state index contributed by atoms with van der Waals surface area (Å²) < 4.78 is 10.9. The van der Waals surface area contributed by atoms with Crippen molar-refractivity contribution >= 4 is 17.3 Å². The van der Waals surface area contributed by atoms with E-state index in [0.29, 0.717) is 36.2 Å². The Balaban J connectivity index is 1.26. The summed E-state index contributed by atoms with van der Waals surface area (Å²) in [5.74, 6) is 1.79. The molecular weight excluding hydrogens is 480 g/mol. The third-order valence-corrected chi connectivity index (χ3v) is 6.38. The maximum atomic E-state index is 12.9. The fraction of sp³-hybridized carbons (Fsp3) is 0.138. The highest BCUT2D eigenvalue weighted by molar-refractivity contribution is 5.97. The van der Waals surface area contributed by atoms with Gasteiger partial charge in [-0.1, -0.05) is 30.3 Å². The van der Waals surface area contributed by atoms with Crippen molar-refractivity contribution in [3.8, 4) is 28.3 Å². The molecule has 0 fully saturated rings. The zero-order valence-corrected chi connectivity index (χ0v) is 20.6. The molecule has 3 aromatic heterocycles. The molecule has 0 unspecified atom stereocenters. The number of fused-ring (bicyclic) bond motifs is 1. The zero-order chi connectivity index (χ0) is 25.9. The number of aromatic nitrogens is 5. The Hall–Kier alpha value is -4.89. The molecule has 9 nitrogen and oxygen atoms in total. The van der Waals surface area contributed by atoms with E-state index >= 15 is 0 Å². The van der Waals surface area contributed by atoms with E-state index in [1.807, 2.05) is 54.7 Å². The van der Waals surface area contributed by atoms with Gasteiger partial charge in [-0.15, -0.1) is 0 Å². The highest BCUT2D eigenvalue weighted by Crippen LogP contribution is 2.31. The number of hydrogen-bond donors (Lipinski definition) is 2. The molecule has 0 radical (unpaired) electrons. The Labute approximate surface area is 218 Å². The number of pyridine rings is 1. The first-order valence-electron chi connectivity index (χ1n) is 12.1. The number of nitrogens with zero attached hydrogens (tertiary/aromatic N) is 4. The van der Waals surface area contributed by atoms with Gasteiger partial charge in [0.05, 0.1) is 38.4 Å². The Bertz CT molecular complexity index is 1600. The second-order valence-electron chi connectivity index (χ2n) is 8.92. The normalized spacial score (nSPS) is 12.2. The van der Waals surface area contributed by atoms with Gasteiger partial charge in [0.25, 0.3) is 0 Å². The monoisotopic (exact) mass is 504 g/mol. The van der Waals surface area contributed by atoms with Gasteiger partial charge < -0.3 is 14.8 Å². The predicted octanol–water partition coefficient (Wildman–Crippen LogP) is 5.14. The van der Waals surface area contributed by atoms with Gasteiger partial charge in [0.1, 0.15) is 11.6 Å². The van der Waals surface area contributed by atoms with Crippen molar-refractivity contribution < 1.29 is 14.3 Å². The molecule has 6 rings (SSSR count). The van der Waals surface area contributed by atoms with Crippen LogP contribution in [0.25, 0.3) is 22.5 Å². The predicted molar refractivity (Wildman–Crippen MR) is 142 cm³/mol. The Morgan fingerprint density at radius 3 is 2.71 bits per heavy atom. The number of benzene rings is 2. The standard InChI is InChI=1S/C29H24N6O3/c1-37-24-11-21(12-30-15-24)27(36)10-18-3-2-4-20(9-18)28-34-26-17-38-16-25(26)29(35-28)33-23-7-5-19(6-8-23)22-13-31-32-14-22/h2-9,11-15H,10,16-17H2,1H3,(H,31,32)(H,33,34,35). The summed E-state index contributed by atoms with van der Waals surface area (Å²) in [5, 5.41) is 10.3. The largest absolute Gasteiger partial charge is 0.495 e. The fourth-order valence-corrected chi connectivity index (χ4v) is 4.37. The van der Waals surface area contributed by atoms with Gasteiger partial charge in [-0.2, -0.15) is 5.10 Å². The maximum absolute atomic E-state index is 12.9. The van der Waals surface area contributed by atoms with Crippen molar-refractivity contribution in [3.63, 3.8) is 0 Å². The number of ether oxygens (including phenoxy) is 2. The van der Waals surface area contributed by atoms with Crippen molar-refractivity contribution in [3.05, 3.63) is 102 Å². The summed E-state index contributed by atoms with van der Waals surface area (Å²) in [7, 11) is 1.55. The third-order valence-electron chi connectivity index (χ3n) is 6.38. The number of methoxy groups -OCH3 is 1. The van der Waals surface area contributed by atoms with Crippen LogP contribution >= 0.6 is 0 Å². The molecule has 0 saturated carbocycles. The molecule has 4 heterocycles. The van der Waals surface area contributed by atoms with Gasteiger partial charge in [0, 0.05) is 46.8 Å². The number of aromatic amines is 1. The minimum Gasteiger partial charge on any atom is -0.495 e. The van der Waals surface area contributed by atoms with Crippen LogP contribution in [0.2, 0.25) is 0 Å². The molecule has 2 N–H and O–H groups in total. The Morgan fingerprint density at radius 1 is 1.00 bits per heavy atom. The molecule has 188 valence electrons. The number of anilines is 2. The van der Waals surface area contributed by atoms with Gasteiger partial charge in [-0.25, -0.2) is 9.97 Å².